The molecule has 0 bridgehead atoms. The Hall–Kier alpha value is -3.31. The van der Waals surface area contributed by atoms with Crippen LogP contribution in [0.25, 0.3) is 22.3 Å². The van der Waals surface area contributed by atoms with Crippen LogP contribution in [0.2, 0.25) is 0 Å². The van der Waals surface area contributed by atoms with E-state index in [4.69, 9.17) is 13.9 Å². The van der Waals surface area contributed by atoms with Crippen LogP contribution in [0.5, 0.6) is 28.7 Å². The zero-order chi connectivity index (χ0) is 22.4. The molecule has 5 atom stereocenters. The van der Waals surface area contributed by atoms with E-state index in [2.05, 4.69) is 0 Å². The number of ether oxygens (including phenoxy) is 2. The molecule has 10 heteroatoms. The molecule has 31 heavy (non-hydrogen) atoms. The van der Waals surface area contributed by atoms with Crippen LogP contribution >= 0.6 is 0 Å². The average Bonchev–Trinajstić information content (AvgIpc) is 2.72. The van der Waals surface area contributed by atoms with Crippen molar-refractivity contribution in [2.75, 3.05) is 0 Å². The number of hydrogen-bond donors (Lipinski definition) is 7. The molecule has 0 aliphatic carbocycles. The summed E-state index contributed by atoms with van der Waals surface area (Å²) in [6, 6.07) is 7.58. The number of fused-ring (bicyclic) bond motifs is 1. The number of phenolic OH excluding ortho intramolecular Hbond substituents is 4. The number of aromatic hydroxyl groups is 4. The normalized spacial score (nSPS) is 26.1. The monoisotopic (exact) mass is 433 g/mol. The second-order valence-corrected chi connectivity index (χ2v) is 7.32. The third kappa shape index (κ3) is 3.77. The molecule has 1 aliphatic heterocycles. The number of phenols is 4. The lowest BCUT2D eigenvalue weighted by atomic mass is 10.00. The quantitative estimate of drug-likeness (QED) is 0.237. The van der Waals surface area contributed by atoms with Crippen molar-refractivity contribution in [1.29, 1.82) is 0 Å². The van der Waals surface area contributed by atoms with Crippen molar-refractivity contribution in [1.82, 2.24) is 0 Å². The molecule has 2 heterocycles. The summed E-state index contributed by atoms with van der Waals surface area (Å²) in [6.45, 7) is 1.49. The molecule has 1 fully saturated rings. The molecule has 7 N–H and O–H groups in total. The lowest BCUT2D eigenvalue weighted by Gasteiger charge is -2.38. The Morgan fingerprint density at radius 2 is 1.58 bits per heavy atom. The maximum absolute atomic E-state index is 10.3. The Morgan fingerprint density at radius 3 is 2.29 bits per heavy atom. The highest BCUT2D eigenvalue weighted by molar-refractivity contribution is 5.88. The van der Waals surface area contributed by atoms with Gasteiger partial charge in [0.15, 0.2) is 11.5 Å². The number of benzene rings is 2. The van der Waals surface area contributed by atoms with Crippen molar-refractivity contribution < 1.29 is 49.6 Å². The van der Waals surface area contributed by atoms with Gasteiger partial charge >= 0.3 is 11.3 Å². The van der Waals surface area contributed by atoms with Gasteiger partial charge in [0.1, 0.15) is 35.2 Å². The van der Waals surface area contributed by atoms with Gasteiger partial charge in [-0.05, 0) is 19.1 Å². The Kier molecular flexibility index (Phi) is 5.23. The molecular weight excluding hydrogens is 412 g/mol. The van der Waals surface area contributed by atoms with Gasteiger partial charge in [-0.1, -0.05) is 0 Å². The smallest absolute Gasteiger partial charge is 0.402 e. The summed E-state index contributed by atoms with van der Waals surface area (Å²) in [5.41, 5.74) is 0.343. The van der Waals surface area contributed by atoms with Crippen LogP contribution in [-0.2, 0) is 4.74 Å². The van der Waals surface area contributed by atoms with Crippen LogP contribution in [0.1, 0.15) is 6.92 Å². The first-order chi connectivity index (χ1) is 14.7. The number of hydrogen-bond acceptors (Lipinski definition) is 9. The first kappa shape index (κ1) is 20.9. The van der Waals surface area contributed by atoms with Gasteiger partial charge in [-0.3, -0.25) is 0 Å². The fourth-order valence-corrected chi connectivity index (χ4v) is 3.37. The molecule has 3 aromatic rings. The number of rotatable bonds is 3. The molecule has 1 saturated heterocycles. The van der Waals surface area contributed by atoms with Crippen molar-refractivity contribution in [2.45, 2.75) is 37.6 Å². The fourth-order valence-electron chi connectivity index (χ4n) is 3.37. The molecule has 1 aliphatic rings. The van der Waals surface area contributed by atoms with E-state index < -0.39 is 36.5 Å². The SMILES string of the molecule is CC1OC(Oc2cc3c(O)cc(O)cc3[o+]c2-c2ccc(O)c(O)c2)C(O)C(O)C1O. The summed E-state index contributed by atoms with van der Waals surface area (Å²) in [4.78, 5) is 0. The first-order valence-electron chi connectivity index (χ1n) is 9.37. The summed E-state index contributed by atoms with van der Waals surface area (Å²) in [5.74, 6) is -1.38. The topological polar surface area (TPSA) is 171 Å². The lowest BCUT2D eigenvalue weighted by molar-refractivity contribution is -0.268. The van der Waals surface area contributed by atoms with Crippen LogP contribution in [0.4, 0.5) is 0 Å². The largest absolute Gasteiger partial charge is 0.507 e. The maximum Gasteiger partial charge on any atom is 0.402 e. The molecule has 1 aromatic heterocycles. The second kappa shape index (κ2) is 7.75. The molecule has 5 unspecified atom stereocenters. The van der Waals surface area contributed by atoms with Gasteiger partial charge in [-0.2, -0.15) is 0 Å². The summed E-state index contributed by atoms with van der Waals surface area (Å²) >= 11 is 0. The van der Waals surface area contributed by atoms with Crippen molar-refractivity contribution in [3.63, 3.8) is 0 Å². The van der Waals surface area contributed by atoms with E-state index >= 15 is 0 Å². The van der Waals surface area contributed by atoms with Crippen molar-refractivity contribution >= 4 is 11.0 Å². The Balaban J connectivity index is 1.85. The Labute approximate surface area is 175 Å². The van der Waals surface area contributed by atoms with E-state index in [1.54, 1.807) is 0 Å². The Bertz CT molecular complexity index is 1130. The van der Waals surface area contributed by atoms with Crippen LogP contribution in [0.15, 0.2) is 40.8 Å². The van der Waals surface area contributed by atoms with Crippen LogP contribution in [-0.4, -0.2) is 66.5 Å². The van der Waals surface area contributed by atoms with Gasteiger partial charge in [0, 0.05) is 18.2 Å². The minimum Gasteiger partial charge on any atom is -0.507 e. The summed E-state index contributed by atoms with van der Waals surface area (Å²) in [7, 11) is 0. The van der Waals surface area contributed by atoms with E-state index in [1.165, 1.54) is 37.3 Å². The van der Waals surface area contributed by atoms with E-state index in [9.17, 15) is 35.7 Å². The van der Waals surface area contributed by atoms with Gasteiger partial charge in [0.05, 0.1) is 17.7 Å². The van der Waals surface area contributed by atoms with Gasteiger partial charge in [0.2, 0.25) is 12.0 Å². The highest BCUT2D eigenvalue weighted by Gasteiger charge is 2.44. The predicted molar refractivity (Wildman–Crippen MR) is 106 cm³/mol. The van der Waals surface area contributed by atoms with E-state index in [0.717, 1.165) is 6.07 Å². The lowest BCUT2D eigenvalue weighted by Crippen LogP contribution is -2.58. The molecule has 164 valence electrons. The molecule has 0 saturated carbocycles. The van der Waals surface area contributed by atoms with Crippen LogP contribution in [0.3, 0.4) is 0 Å². The molecule has 4 rings (SSSR count). The third-order valence-electron chi connectivity index (χ3n) is 5.11. The van der Waals surface area contributed by atoms with Crippen LogP contribution in [0, 0.1) is 0 Å². The van der Waals surface area contributed by atoms with E-state index in [0.29, 0.717) is 0 Å². The zero-order valence-electron chi connectivity index (χ0n) is 16.2. The van der Waals surface area contributed by atoms with Crippen LogP contribution < -0.4 is 4.74 Å². The second-order valence-electron chi connectivity index (χ2n) is 7.32. The van der Waals surface area contributed by atoms with Crippen molar-refractivity contribution in [3.05, 3.63) is 36.4 Å². The van der Waals surface area contributed by atoms with E-state index in [-0.39, 0.29) is 45.3 Å². The molecule has 2 aromatic carbocycles. The number of aliphatic hydroxyl groups excluding tert-OH is 3. The van der Waals surface area contributed by atoms with Gasteiger partial charge in [-0.25, -0.2) is 4.42 Å². The summed E-state index contributed by atoms with van der Waals surface area (Å²) in [5, 5.41) is 69.8. The summed E-state index contributed by atoms with van der Waals surface area (Å²) < 4.78 is 17.0. The first-order valence-corrected chi connectivity index (χ1v) is 9.37. The van der Waals surface area contributed by atoms with Crippen molar-refractivity contribution in [3.8, 4) is 40.1 Å². The molecular formula is C21H21O10+. The molecule has 10 nitrogen and oxygen atoms in total. The van der Waals surface area contributed by atoms with Gasteiger partial charge in [-0.15, -0.1) is 0 Å². The Morgan fingerprint density at radius 1 is 0.839 bits per heavy atom. The molecule has 0 radical (unpaired) electrons. The molecule has 0 spiro atoms. The van der Waals surface area contributed by atoms with Crippen molar-refractivity contribution in [2.24, 2.45) is 0 Å². The molecule has 0 amide bonds. The van der Waals surface area contributed by atoms with Gasteiger partial charge < -0.3 is 45.2 Å². The minimum absolute atomic E-state index is 0.0110. The van der Waals surface area contributed by atoms with E-state index in [1.807, 2.05) is 0 Å². The standard InChI is InChI=1S/C21H20O10/c1-8-17(26)18(27)19(28)21(29-8)31-16-7-11-13(24)5-10(22)6-15(11)30-20(16)9-2-3-12(23)14(25)4-9/h2-8,17-19,21,26-28H,1H3,(H3-,22,23,24,25)/p+1. The highest BCUT2D eigenvalue weighted by Crippen LogP contribution is 2.42. The zero-order valence-corrected chi connectivity index (χ0v) is 16.2. The average molecular weight is 433 g/mol. The summed E-state index contributed by atoms with van der Waals surface area (Å²) in [6.07, 6.45) is -6.71. The highest BCUT2D eigenvalue weighted by atomic mass is 16.7. The fraction of sp³-hybridized carbons (Fsp3) is 0.286. The van der Waals surface area contributed by atoms with Gasteiger partial charge in [0.25, 0.3) is 0 Å². The third-order valence-corrected chi connectivity index (χ3v) is 5.11. The minimum atomic E-state index is -1.60. The predicted octanol–water partition coefficient (Wildman–Crippen LogP) is 1.41. The maximum atomic E-state index is 10.3. The number of aliphatic hydroxyl groups is 3.